The van der Waals surface area contributed by atoms with Crippen LogP contribution in [0.3, 0.4) is 0 Å². The number of carbonyl (C=O) groups is 1. The molecule has 0 N–H and O–H groups in total. The molecule has 4 rings (SSSR count). The van der Waals surface area contributed by atoms with Crippen LogP contribution < -0.4 is 10.6 Å². The van der Waals surface area contributed by atoms with Gasteiger partial charge in [0.05, 0.1) is 22.7 Å². The van der Waals surface area contributed by atoms with Gasteiger partial charge in [0.25, 0.3) is 5.91 Å². The van der Waals surface area contributed by atoms with Gasteiger partial charge in [0, 0.05) is 10.9 Å². The summed E-state index contributed by atoms with van der Waals surface area (Å²) < 4.78 is 0. The Bertz CT molecular complexity index is 1090. The number of nitrogens with zero attached hydrogens (tertiary/aromatic N) is 3. The van der Waals surface area contributed by atoms with E-state index in [0.717, 1.165) is 21.5 Å². The van der Waals surface area contributed by atoms with Gasteiger partial charge in [-0.05, 0) is 23.4 Å². The molecule has 114 valence electrons. The van der Waals surface area contributed by atoms with Crippen molar-refractivity contribution in [2.45, 2.75) is 5.92 Å². The quantitative estimate of drug-likeness (QED) is 0.725. The molecule has 2 aromatic carbocycles. The van der Waals surface area contributed by atoms with Crippen LogP contribution in [0.1, 0.15) is 16.5 Å². The van der Waals surface area contributed by atoms with E-state index in [0.29, 0.717) is 10.9 Å². The Morgan fingerprint density at radius 2 is 1.88 bits per heavy atom. The normalized spacial score (nSPS) is 15.8. The lowest BCUT2D eigenvalue weighted by Gasteiger charge is -2.09. The van der Waals surface area contributed by atoms with Gasteiger partial charge in [-0.1, -0.05) is 36.4 Å². The summed E-state index contributed by atoms with van der Waals surface area (Å²) in [6.07, 6.45) is 1.92. The molecule has 5 heteroatoms. The van der Waals surface area contributed by atoms with Crippen LogP contribution in [0.15, 0.2) is 58.9 Å². The summed E-state index contributed by atoms with van der Waals surface area (Å²) in [5.74, 6) is -0.619. The molecule has 1 unspecified atom stereocenters. The fourth-order valence-corrected chi connectivity index (χ4v) is 3.51. The number of fused-ring (bicyclic) bond motifs is 1. The van der Waals surface area contributed by atoms with Crippen molar-refractivity contribution in [3.63, 3.8) is 0 Å². The number of hydrogen-bond donors (Lipinski definition) is 0. The van der Waals surface area contributed by atoms with Crippen molar-refractivity contribution in [3.05, 3.63) is 75.1 Å². The molecule has 0 aliphatic carbocycles. The topological polar surface area (TPSA) is 66.1 Å². The van der Waals surface area contributed by atoms with Crippen molar-refractivity contribution >= 4 is 23.3 Å². The molecule has 0 fully saturated rings. The second kappa shape index (κ2) is 5.84. The van der Waals surface area contributed by atoms with Crippen molar-refractivity contribution in [1.29, 1.82) is 5.26 Å². The fraction of sp³-hybridized carbons (Fsp3) is 0.0526. The highest BCUT2D eigenvalue weighted by Crippen LogP contribution is 2.28. The minimum Gasteiger partial charge on any atom is -0.271 e. The molecular weight excluding hydrogens is 318 g/mol. The second-order valence-electron chi connectivity index (χ2n) is 5.41. The van der Waals surface area contributed by atoms with Gasteiger partial charge in [-0.25, -0.2) is 9.98 Å². The first kappa shape index (κ1) is 14.5. The highest BCUT2D eigenvalue weighted by molar-refractivity contribution is 7.10. The van der Waals surface area contributed by atoms with Crippen LogP contribution in [0.25, 0.3) is 17.3 Å². The number of aromatic nitrogens is 1. The number of nitriles is 1. The summed E-state index contributed by atoms with van der Waals surface area (Å²) in [6, 6.07) is 16.9. The SMILES string of the molecule is N#Cc1ccc(-c2csc(C3C=c4ccccc4=NC3=O)n2)cc1. The van der Waals surface area contributed by atoms with E-state index in [1.165, 1.54) is 11.3 Å². The lowest BCUT2D eigenvalue weighted by molar-refractivity contribution is -0.118. The number of thiazole rings is 1. The summed E-state index contributed by atoms with van der Waals surface area (Å²) in [7, 11) is 0. The number of benzene rings is 2. The van der Waals surface area contributed by atoms with Crippen molar-refractivity contribution in [3.8, 4) is 17.3 Å². The summed E-state index contributed by atoms with van der Waals surface area (Å²) in [6.45, 7) is 0. The van der Waals surface area contributed by atoms with Gasteiger partial charge in [-0.15, -0.1) is 11.3 Å². The van der Waals surface area contributed by atoms with Gasteiger partial charge in [0.2, 0.25) is 0 Å². The molecule has 1 aliphatic rings. The van der Waals surface area contributed by atoms with Gasteiger partial charge >= 0.3 is 0 Å². The molecule has 3 aromatic rings. The monoisotopic (exact) mass is 329 g/mol. The van der Waals surface area contributed by atoms with Gasteiger partial charge in [0.1, 0.15) is 10.9 Å². The predicted octanol–water partition coefficient (Wildman–Crippen LogP) is 2.41. The summed E-state index contributed by atoms with van der Waals surface area (Å²) in [5, 5.41) is 13.2. The van der Waals surface area contributed by atoms with Crippen molar-refractivity contribution < 1.29 is 4.79 Å². The van der Waals surface area contributed by atoms with Gasteiger partial charge in [-0.3, -0.25) is 4.79 Å². The Morgan fingerprint density at radius 3 is 2.67 bits per heavy atom. The number of rotatable bonds is 2. The molecule has 24 heavy (non-hydrogen) atoms. The molecule has 1 atom stereocenters. The standard InChI is InChI=1S/C19H11N3OS/c20-10-12-5-7-13(8-6-12)17-11-24-19(22-17)15-9-14-3-1-2-4-16(14)21-18(15)23/h1-9,11,15H. The molecule has 2 heterocycles. The molecule has 4 nitrogen and oxygen atoms in total. The Kier molecular flexibility index (Phi) is 3.52. The minimum atomic E-state index is -0.433. The fourth-order valence-electron chi connectivity index (χ4n) is 2.62. The largest absolute Gasteiger partial charge is 0.271 e. The third-order valence-electron chi connectivity index (χ3n) is 3.88. The third kappa shape index (κ3) is 2.53. The number of para-hydroxylation sites is 1. The van der Waals surface area contributed by atoms with Gasteiger partial charge in [0.15, 0.2) is 0 Å². The minimum absolute atomic E-state index is 0.186. The Labute approximate surface area is 142 Å². The average Bonchev–Trinajstić information content (AvgIpc) is 3.11. The number of hydrogen-bond acceptors (Lipinski definition) is 4. The van der Waals surface area contributed by atoms with Crippen LogP contribution in [0.2, 0.25) is 0 Å². The average molecular weight is 329 g/mol. The van der Waals surface area contributed by atoms with Crippen LogP contribution in [-0.4, -0.2) is 10.9 Å². The highest BCUT2D eigenvalue weighted by atomic mass is 32.1. The summed E-state index contributed by atoms with van der Waals surface area (Å²) >= 11 is 1.45. The van der Waals surface area contributed by atoms with E-state index in [4.69, 9.17) is 5.26 Å². The Balaban J connectivity index is 1.71. The Morgan fingerprint density at radius 1 is 1.08 bits per heavy atom. The second-order valence-corrected chi connectivity index (χ2v) is 6.30. The molecule has 0 bridgehead atoms. The lowest BCUT2D eigenvalue weighted by atomic mass is 10.0. The highest BCUT2D eigenvalue weighted by Gasteiger charge is 2.23. The van der Waals surface area contributed by atoms with Crippen LogP contribution in [0, 0.1) is 11.3 Å². The molecule has 1 aromatic heterocycles. The van der Waals surface area contributed by atoms with E-state index in [2.05, 4.69) is 16.0 Å². The maximum atomic E-state index is 12.3. The maximum Gasteiger partial charge on any atom is 0.260 e. The summed E-state index contributed by atoms with van der Waals surface area (Å²) in [4.78, 5) is 21.1. The molecule has 0 saturated carbocycles. The van der Waals surface area contributed by atoms with Crippen molar-refractivity contribution in [2.75, 3.05) is 0 Å². The van der Waals surface area contributed by atoms with Crippen molar-refractivity contribution in [2.24, 2.45) is 4.99 Å². The van der Waals surface area contributed by atoms with E-state index in [1.54, 1.807) is 12.1 Å². The third-order valence-corrected chi connectivity index (χ3v) is 4.81. The van der Waals surface area contributed by atoms with Gasteiger partial charge < -0.3 is 0 Å². The first-order valence-electron chi connectivity index (χ1n) is 7.40. The predicted molar refractivity (Wildman–Crippen MR) is 91.7 cm³/mol. The van der Waals surface area contributed by atoms with Crippen LogP contribution in [-0.2, 0) is 4.79 Å². The zero-order chi connectivity index (χ0) is 16.5. The van der Waals surface area contributed by atoms with Crippen molar-refractivity contribution in [1.82, 2.24) is 4.98 Å². The van der Waals surface area contributed by atoms with E-state index in [1.807, 2.05) is 47.9 Å². The van der Waals surface area contributed by atoms with E-state index < -0.39 is 5.92 Å². The smallest absolute Gasteiger partial charge is 0.260 e. The molecule has 0 saturated heterocycles. The molecule has 0 spiro atoms. The zero-order valence-corrected chi connectivity index (χ0v) is 13.3. The Hall–Kier alpha value is -3.10. The van der Waals surface area contributed by atoms with Crippen LogP contribution in [0.4, 0.5) is 0 Å². The summed E-state index contributed by atoms with van der Waals surface area (Å²) in [5.41, 5.74) is 2.34. The zero-order valence-electron chi connectivity index (χ0n) is 12.5. The lowest BCUT2D eigenvalue weighted by Crippen LogP contribution is -2.32. The van der Waals surface area contributed by atoms with E-state index in [9.17, 15) is 4.79 Å². The number of amides is 1. The molecule has 1 aliphatic heterocycles. The molecule has 1 amide bonds. The number of carbonyl (C=O) groups excluding carboxylic acids is 1. The van der Waals surface area contributed by atoms with Crippen LogP contribution >= 0.6 is 11.3 Å². The first-order chi connectivity index (χ1) is 11.7. The van der Waals surface area contributed by atoms with Crippen LogP contribution in [0.5, 0.6) is 0 Å². The first-order valence-corrected chi connectivity index (χ1v) is 8.28. The van der Waals surface area contributed by atoms with Gasteiger partial charge in [-0.2, -0.15) is 5.26 Å². The molecule has 0 radical (unpaired) electrons. The van der Waals surface area contributed by atoms with E-state index >= 15 is 0 Å². The van der Waals surface area contributed by atoms with E-state index in [-0.39, 0.29) is 5.91 Å². The molecular formula is C19H11N3OS. The maximum absolute atomic E-state index is 12.3.